The fourth-order valence-corrected chi connectivity index (χ4v) is 1.83. The summed E-state index contributed by atoms with van der Waals surface area (Å²) in [4.78, 5) is 4.40. The lowest BCUT2D eigenvalue weighted by molar-refractivity contribution is 0.396. The van der Waals surface area contributed by atoms with Gasteiger partial charge in [-0.3, -0.25) is 0 Å². The Balaban J connectivity index is 1.86. The van der Waals surface area contributed by atoms with Gasteiger partial charge in [0.25, 0.3) is 0 Å². The van der Waals surface area contributed by atoms with Crippen LogP contribution in [0.3, 0.4) is 0 Å². The molecule has 0 atom stereocenters. The van der Waals surface area contributed by atoms with Crippen LogP contribution in [0.5, 0.6) is 5.88 Å². The van der Waals surface area contributed by atoms with E-state index in [0.717, 1.165) is 25.0 Å². The smallest absolute Gasteiger partial charge is 0.213 e. The van der Waals surface area contributed by atoms with Gasteiger partial charge >= 0.3 is 0 Å². The monoisotopic (exact) mass is 227 g/mol. The highest BCUT2D eigenvalue weighted by molar-refractivity contribution is 5.17. The quantitative estimate of drug-likeness (QED) is 0.782. The van der Waals surface area contributed by atoms with Gasteiger partial charge in [-0.05, 0) is 30.9 Å². The summed E-state index contributed by atoms with van der Waals surface area (Å²) < 4.78 is 5.11. The van der Waals surface area contributed by atoms with E-state index in [1.807, 2.05) is 24.3 Å². The minimum absolute atomic E-state index is 0.696. The first-order valence-corrected chi connectivity index (χ1v) is 5.92. The highest BCUT2D eigenvalue weighted by atomic mass is 16.5. The SMILES string of the molecule is COc1cccc(CCCc2ccccc2)n1. The lowest BCUT2D eigenvalue weighted by Crippen LogP contribution is -1.95. The molecule has 1 aromatic carbocycles. The van der Waals surface area contributed by atoms with Gasteiger partial charge in [0.15, 0.2) is 0 Å². The zero-order valence-electron chi connectivity index (χ0n) is 10.1. The molecule has 1 heterocycles. The first kappa shape index (κ1) is 11.6. The number of hydrogen-bond donors (Lipinski definition) is 0. The second-order valence-corrected chi connectivity index (χ2v) is 4.01. The molecular formula is C15H17NO. The lowest BCUT2D eigenvalue weighted by atomic mass is 10.1. The van der Waals surface area contributed by atoms with Crippen molar-refractivity contribution in [2.75, 3.05) is 7.11 Å². The number of aryl methyl sites for hydroxylation is 2. The Labute approximate surface area is 102 Å². The molecule has 2 aromatic rings. The summed E-state index contributed by atoms with van der Waals surface area (Å²) in [6, 6.07) is 16.5. The summed E-state index contributed by atoms with van der Waals surface area (Å²) in [5, 5.41) is 0. The summed E-state index contributed by atoms with van der Waals surface area (Å²) in [6.07, 6.45) is 3.20. The number of rotatable bonds is 5. The molecule has 0 saturated carbocycles. The first-order valence-electron chi connectivity index (χ1n) is 5.92. The molecule has 2 nitrogen and oxygen atoms in total. The Morgan fingerprint density at radius 3 is 2.53 bits per heavy atom. The number of nitrogens with zero attached hydrogens (tertiary/aromatic N) is 1. The Morgan fingerprint density at radius 2 is 1.76 bits per heavy atom. The van der Waals surface area contributed by atoms with Crippen LogP contribution in [0.4, 0.5) is 0 Å². The van der Waals surface area contributed by atoms with Crippen molar-refractivity contribution in [1.29, 1.82) is 0 Å². The van der Waals surface area contributed by atoms with Crippen LogP contribution < -0.4 is 4.74 Å². The third kappa shape index (κ3) is 3.59. The van der Waals surface area contributed by atoms with Gasteiger partial charge in [0.2, 0.25) is 5.88 Å². The van der Waals surface area contributed by atoms with Crippen molar-refractivity contribution in [1.82, 2.24) is 4.98 Å². The molecule has 0 aliphatic heterocycles. The Bertz CT molecular complexity index is 453. The zero-order valence-corrected chi connectivity index (χ0v) is 10.1. The van der Waals surface area contributed by atoms with Crippen molar-refractivity contribution in [3.05, 3.63) is 59.8 Å². The molecule has 0 saturated heterocycles. The third-order valence-electron chi connectivity index (χ3n) is 2.73. The van der Waals surface area contributed by atoms with E-state index < -0.39 is 0 Å². The van der Waals surface area contributed by atoms with E-state index in [-0.39, 0.29) is 0 Å². The summed E-state index contributed by atoms with van der Waals surface area (Å²) >= 11 is 0. The molecule has 0 bridgehead atoms. The second-order valence-electron chi connectivity index (χ2n) is 4.01. The average Bonchev–Trinajstić information content (AvgIpc) is 2.40. The predicted molar refractivity (Wildman–Crippen MR) is 69.3 cm³/mol. The zero-order chi connectivity index (χ0) is 11.9. The van der Waals surface area contributed by atoms with E-state index in [1.54, 1.807) is 7.11 Å². The van der Waals surface area contributed by atoms with E-state index >= 15 is 0 Å². The standard InChI is InChI=1S/C15H17NO/c1-17-15-12-6-11-14(16-15)10-5-9-13-7-3-2-4-8-13/h2-4,6-8,11-12H,5,9-10H2,1H3. The minimum atomic E-state index is 0.696. The number of benzene rings is 1. The molecule has 2 rings (SSSR count). The fourth-order valence-electron chi connectivity index (χ4n) is 1.83. The van der Waals surface area contributed by atoms with Crippen LogP contribution in [0, 0.1) is 0 Å². The molecule has 0 spiro atoms. The maximum Gasteiger partial charge on any atom is 0.213 e. The van der Waals surface area contributed by atoms with E-state index in [4.69, 9.17) is 4.74 Å². The Hall–Kier alpha value is -1.83. The van der Waals surface area contributed by atoms with E-state index in [0.29, 0.717) is 5.88 Å². The van der Waals surface area contributed by atoms with Gasteiger partial charge in [0.1, 0.15) is 0 Å². The Morgan fingerprint density at radius 1 is 0.941 bits per heavy atom. The number of hydrogen-bond acceptors (Lipinski definition) is 2. The van der Waals surface area contributed by atoms with Crippen LogP contribution in [0.25, 0.3) is 0 Å². The fraction of sp³-hybridized carbons (Fsp3) is 0.267. The van der Waals surface area contributed by atoms with E-state index in [2.05, 4.69) is 29.2 Å². The summed E-state index contributed by atoms with van der Waals surface area (Å²) in [6.45, 7) is 0. The van der Waals surface area contributed by atoms with Crippen molar-refractivity contribution in [2.45, 2.75) is 19.3 Å². The van der Waals surface area contributed by atoms with E-state index in [9.17, 15) is 0 Å². The number of methoxy groups -OCH3 is 1. The van der Waals surface area contributed by atoms with Crippen LogP contribution in [-0.4, -0.2) is 12.1 Å². The van der Waals surface area contributed by atoms with Gasteiger partial charge in [-0.15, -0.1) is 0 Å². The van der Waals surface area contributed by atoms with Gasteiger partial charge in [-0.2, -0.15) is 0 Å². The second kappa shape index (κ2) is 6.04. The topological polar surface area (TPSA) is 22.1 Å². The summed E-state index contributed by atoms with van der Waals surface area (Å²) in [5.41, 5.74) is 2.48. The summed E-state index contributed by atoms with van der Waals surface area (Å²) in [7, 11) is 1.65. The maximum absolute atomic E-state index is 5.11. The molecule has 0 fully saturated rings. The number of ether oxygens (including phenoxy) is 1. The molecule has 0 aliphatic carbocycles. The molecule has 17 heavy (non-hydrogen) atoms. The van der Waals surface area contributed by atoms with Crippen LogP contribution in [0.15, 0.2) is 48.5 Å². The molecule has 2 heteroatoms. The number of pyridine rings is 1. The van der Waals surface area contributed by atoms with Gasteiger partial charge in [-0.1, -0.05) is 36.4 Å². The molecule has 88 valence electrons. The molecule has 0 radical (unpaired) electrons. The normalized spacial score (nSPS) is 10.2. The van der Waals surface area contributed by atoms with Crippen molar-refractivity contribution < 1.29 is 4.74 Å². The molecule has 0 amide bonds. The van der Waals surface area contributed by atoms with Gasteiger partial charge in [-0.25, -0.2) is 4.98 Å². The summed E-state index contributed by atoms with van der Waals surface area (Å²) in [5.74, 6) is 0.696. The van der Waals surface area contributed by atoms with Crippen LogP contribution in [-0.2, 0) is 12.8 Å². The van der Waals surface area contributed by atoms with Crippen molar-refractivity contribution in [3.8, 4) is 5.88 Å². The predicted octanol–water partition coefficient (Wildman–Crippen LogP) is 3.27. The van der Waals surface area contributed by atoms with Crippen molar-refractivity contribution in [3.63, 3.8) is 0 Å². The first-order chi connectivity index (χ1) is 8.38. The van der Waals surface area contributed by atoms with Gasteiger partial charge in [0.05, 0.1) is 7.11 Å². The third-order valence-corrected chi connectivity index (χ3v) is 2.73. The van der Waals surface area contributed by atoms with Crippen LogP contribution >= 0.6 is 0 Å². The molecular weight excluding hydrogens is 210 g/mol. The lowest BCUT2D eigenvalue weighted by Gasteiger charge is -2.03. The molecule has 1 aromatic heterocycles. The highest BCUT2D eigenvalue weighted by Gasteiger charge is 1.98. The minimum Gasteiger partial charge on any atom is -0.481 e. The van der Waals surface area contributed by atoms with E-state index in [1.165, 1.54) is 5.56 Å². The number of aromatic nitrogens is 1. The molecule has 0 N–H and O–H groups in total. The van der Waals surface area contributed by atoms with Crippen LogP contribution in [0.2, 0.25) is 0 Å². The van der Waals surface area contributed by atoms with Gasteiger partial charge < -0.3 is 4.74 Å². The van der Waals surface area contributed by atoms with Crippen molar-refractivity contribution in [2.24, 2.45) is 0 Å². The molecule has 0 unspecified atom stereocenters. The van der Waals surface area contributed by atoms with Crippen LogP contribution in [0.1, 0.15) is 17.7 Å². The van der Waals surface area contributed by atoms with Gasteiger partial charge in [0, 0.05) is 11.8 Å². The highest BCUT2D eigenvalue weighted by Crippen LogP contribution is 2.10. The largest absolute Gasteiger partial charge is 0.481 e. The molecule has 0 aliphatic rings. The Kier molecular flexibility index (Phi) is 4.14. The average molecular weight is 227 g/mol. The maximum atomic E-state index is 5.11. The van der Waals surface area contributed by atoms with Crippen molar-refractivity contribution >= 4 is 0 Å².